The Morgan fingerprint density at radius 3 is 2.76 bits per heavy atom. The first kappa shape index (κ1) is 20.0. The lowest BCUT2D eigenvalue weighted by Crippen LogP contribution is -2.34. The highest BCUT2D eigenvalue weighted by atomic mass is 31.1. The lowest BCUT2D eigenvalue weighted by Gasteiger charge is -2.33. The number of allylic oxidation sites excluding steroid dienone is 2. The Hall–Kier alpha value is -2.30. The van der Waals surface area contributed by atoms with Crippen LogP contribution in [0.2, 0.25) is 0 Å². The van der Waals surface area contributed by atoms with Crippen LogP contribution in [0.3, 0.4) is 0 Å². The van der Waals surface area contributed by atoms with E-state index < -0.39 is 0 Å². The van der Waals surface area contributed by atoms with E-state index in [0.717, 1.165) is 54.9 Å². The summed E-state index contributed by atoms with van der Waals surface area (Å²) in [6.45, 7) is 6.22. The summed E-state index contributed by atoms with van der Waals surface area (Å²) in [5.74, 6) is 0.413. The van der Waals surface area contributed by atoms with Gasteiger partial charge in [-0.05, 0) is 69.8 Å². The number of hydrogen-bond donors (Lipinski definition) is 0. The van der Waals surface area contributed by atoms with Crippen LogP contribution in [-0.2, 0) is 4.79 Å². The maximum atomic E-state index is 11.8. The first-order valence-corrected chi connectivity index (χ1v) is 11.2. The SMILES string of the molecule is C/C=C(\PC1C=NC(C2CCN(C)CC2)=CN1C=O)c1ccc2nc(C)cn2c1. The van der Waals surface area contributed by atoms with E-state index in [9.17, 15) is 4.79 Å². The van der Waals surface area contributed by atoms with E-state index in [2.05, 4.69) is 46.6 Å². The molecule has 0 N–H and O–H groups in total. The summed E-state index contributed by atoms with van der Waals surface area (Å²) in [7, 11) is 2.59. The maximum absolute atomic E-state index is 11.8. The number of carbonyl (C=O) groups excluding carboxylic acids is 1. The smallest absolute Gasteiger partial charge is 0.214 e. The van der Waals surface area contributed by atoms with Crippen molar-refractivity contribution in [1.29, 1.82) is 0 Å². The van der Waals surface area contributed by atoms with Crippen LogP contribution in [-0.4, -0.2) is 57.7 Å². The summed E-state index contributed by atoms with van der Waals surface area (Å²) >= 11 is 0. The van der Waals surface area contributed by atoms with Crippen molar-refractivity contribution in [3.63, 3.8) is 0 Å². The van der Waals surface area contributed by atoms with Crippen molar-refractivity contribution in [1.82, 2.24) is 19.2 Å². The molecule has 2 aromatic rings. The highest BCUT2D eigenvalue weighted by Crippen LogP contribution is 2.40. The van der Waals surface area contributed by atoms with Gasteiger partial charge in [0, 0.05) is 30.7 Å². The summed E-state index contributed by atoms with van der Waals surface area (Å²) in [5.41, 5.74) is 4.15. The fraction of sp³-hybridized carbons (Fsp3) is 0.409. The van der Waals surface area contributed by atoms with Gasteiger partial charge in [-0.15, -0.1) is 0 Å². The molecule has 0 aromatic carbocycles. The van der Waals surface area contributed by atoms with Gasteiger partial charge < -0.3 is 14.2 Å². The highest BCUT2D eigenvalue weighted by molar-refractivity contribution is 7.52. The fourth-order valence-electron chi connectivity index (χ4n) is 3.99. The molecule has 1 fully saturated rings. The van der Waals surface area contributed by atoms with E-state index in [-0.39, 0.29) is 5.78 Å². The zero-order valence-corrected chi connectivity index (χ0v) is 18.2. The third-order valence-corrected chi connectivity index (χ3v) is 7.33. The largest absolute Gasteiger partial charge is 0.307 e. The second kappa shape index (κ2) is 8.60. The van der Waals surface area contributed by atoms with Gasteiger partial charge in [0.15, 0.2) is 0 Å². The fourth-order valence-corrected chi connectivity index (χ4v) is 5.23. The van der Waals surface area contributed by atoms with Gasteiger partial charge in [0.05, 0.1) is 17.2 Å². The summed E-state index contributed by atoms with van der Waals surface area (Å²) < 4.78 is 2.06. The van der Waals surface area contributed by atoms with Gasteiger partial charge in [-0.1, -0.05) is 14.7 Å². The molecule has 1 saturated heterocycles. The Bertz CT molecular complexity index is 984. The summed E-state index contributed by atoms with van der Waals surface area (Å²) in [5, 5.41) is 1.22. The van der Waals surface area contributed by atoms with Crippen LogP contribution in [0.4, 0.5) is 0 Å². The van der Waals surface area contributed by atoms with Gasteiger partial charge >= 0.3 is 0 Å². The minimum Gasteiger partial charge on any atom is -0.307 e. The number of nitrogens with zero attached hydrogens (tertiary/aromatic N) is 5. The number of amides is 1. The highest BCUT2D eigenvalue weighted by Gasteiger charge is 2.26. The Balaban J connectivity index is 1.50. The van der Waals surface area contributed by atoms with Crippen molar-refractivity contribution in [2.24, 2.45) is 10.9 Å². The van der Waals surface area contributed by atoms with E-state index >= 15 is 0 Å². The first-order valence-electron chi connectivity index (χ1n) is 10.1. The molecule has 2 aliphatic rings. The number of aromatic nitrogens is 2. The molecule has 2 aromatic heterocycles. The van der Waals surface area contributed by atoms with Crippen LogP contribution in [0.15, 0.2) is 47.5 Å². The quantitative estimate of drug-likeness (QED) is 0.559. The molecule has 7 heteroatoms. The van der Waals surface area contributed by atoms with Crippen LogP contribution in [0.1, 0.15) is 31.0 Å². The summed E-state index contributed by atoms with van der Waals surface area (Å²) in [4.78, 5) is 25.2. The minimum atomic E-state index is -0.0334. The zero-order valence-electron chi connectivity index (χ0n) is 17.2. The van der Waals surface area contributed by atoms with E-state index in [4.69, 9.17) is 4.99 Å². The topological polar surface area (TPSA) is 53.2 Å². The molecular weight excluding hydrogens is 381 g/mol. The van der Waals surface area contributed by atoms with Crippen molar-refractivity contribution in [3.8, 4) is 0 Å². The molecule has 2 aliphatic heterocycles. The van der Waals surface area contributed by atoms with Crippen LogP contribution in [0.25, 0.3) is 11.0 Å². The number of carbonyl (C=O) groups is 1. The summed E-state index contributed by atoms with van der Waals surface area (Å²) in [6.07, 6.45) is 13.4. The van der Waals surface area contributed by atoms with Crippen LogP contribution < -0.4 is 0 Å². The number of likely N-dealkylation sites (tertiary alicyclic amines) is 1. The molecule has 0 radical (unpaired) electrons. The predicted octanol–water partition coefficient (Wildman–Crippen LogP) is 3.73. The maximum Gasteiger partial charge on any atom is 0.214 e. The second-order valence-corrected chi connectivity index (χ2v) is 9.24. The number of imidazole rings is 1. The Morgan fingerprint density at radius 1 is 1.24 bits per heavy atom. The molecule has 1 amide bonds. The van der Waals surface area contributed by atoms with Gasteiger partial charge in [-0.3, -0.25) is 9.79 Å². The van der Waals surface area contributed by atoms with Gasteiger partial charge in [0.2, 0.25) is 6.41 Å². The molecule has 0 spiro atoms. The standard InChI is InChI=1S/C22H28N5OP/c1-4-20(18-5-6-21-24-16(2)12-26(21)13-18)29-22-11-23-19(14-27(22)15-28)17-7-9-25(3)10-8-17/h4-6,11-15,17,22,29H,7-10H2,1-3H3/b20-4-. The normalized spacial score (nSPS) is 22.0. The molecule has 4 rings (SSSR count). The minimum absolute atomic E-state index is 0.0334. The van der Waals surface area contributed by atoms with Crippen LogP contribution >= 0.6 is 8.58 Å². The molecule has 0 saturated carbocycles. The van der Waals surface area contributed by atoms with E-state index in [0.29, 0.717) is 14.5 Å². The monoisotopic (exact) mass is 409 g/mol. The Labute approximate surface area is 173 Å². The molecule has 0 aliphatic carbocycles. The average molecular weight is 409 g/mol. The van der Waals surface area contributed by atoms with Crippen molar-refractivity contribution >= 4 is 32.2 Å². The van der Waals surface area contributed by atoms with E-state index in [1.54, 1.807) is 4.90 Å². The van der Waals surface area contributed by atoms with E-state index in [1.807, 2.05) is 31.6 Å². The van der Waals surface area contributed by atoms with Crippen molar-refractivity contribution < 1.29 is 4.79 Å². The van der Waals surface area contributed by atoms with Crippen molar-refractivity contribution in [2.75, 3.05) is 20.1 Å². The number of aliphatic imine (C=N–C) groups is 1. The number of aryl methyl sites for hydroxylation is 1. The Kier molecular flexibility index (Phi) is 5.93. The molecule has 2 atom stereocenters. The van der Waals surface area contributed by atoms with Crippen molar-refractivity contribution in [3.05, 3.63) is 53.8 Å². The number of hydrogen-bond acceptors (Lipinski definition) is 4. The zero-order chi connectivity index (χ0) is 20.4. The molecule has 152 valence electrons. The Morgan fingerprint density at radius 2 is 2.03 bits per heavy atom. The third-order valence-electron chi connectivity index (χ3n) is 5.70. The van der Waals surface area contributed by atoms with Crippen LogP contribution in [0, 0.1) is 12.8 Å². The lowest BCUT2D eigenvalue weighted by atomic mass is 9.94. The van der Waals surface area contributed by atoms with Gasteiger partial charge in [0.25, 0.3) is 0 Å². The predicted molar refractivity (Wildman–Crippen MR) is 120 cm³/mol. The van der Waals surface area contributed by atoms with Crippen molar-refractivity contribution in [2.45, 2.75) is 32.5 Å². The van der Waals surface area contributed by atoms with E-state index in [1.165, 1.54) is 5.31 Å². The van der Waals surface area contributed by atoms with Gasteiger partial charge in [0.1, 0.15) is 5.65 Å². The molecule has 29 heavy (non-hydrogen) atoms. The van der Waals surface area contributed by atoms with Gasteiger partial charge in [-0.2, -0.15) is 0 Å². The second-order valence-electron chi connectivity index (χ2n) is 7.82. The molecule has 2 unspecified atom stereocenters. The molecule has 6 nitrogen and oxygen atoms in total. The third kappa shape index (κ3) is 4.34. The molecule has 0 bridgehead atoms. The summed E-state index contributed by atoms with van der Waals surface area (Å²) in [6, 6.07) is 4.15. The number of rotatable bonds is 5. The number of fused-ring (bicyclic) bond motifs is 1. The van der Waals surface area contributed by atoms with Gasteiger partial charge in [-0.25, -0.2) is 4.98 Å². The molecular formula is C22H28N5OP. The average Bonchev–Trinajstić information content (AvgIpc) is 3.11. The number of piperidine rings is 1. The van der Waals surface area contributed by atoms with Crippen LogP contribution in [0.5, 0.6) is 0 Å². The number of pyridine rings is 1. The lowest BCUT2D eigenvalue weighted by molar-refractivity contribution is -0.115. The molecule has 4 heterocycles. The first-order chi connectivity index (χ1) is 14.1.